The van der Waals surface area contributed by atoms with Crippen molar-refractivity contribution in [2.24, 2.45) is 17.3 Å². The van der Waals surface area contributed by atoms with Crippen LogP contribution in [-0.4, -0.2) is 6.29 Å². The molecule has 0 N–H and O–H groups in total. The Morgan fingerprint density at radius 1 is 1.46 bits per heavy atom. The van der Waals surface area contributed by atoms with Gasteiger partial charge in [0.15, 0.2) is 0 Å². The van der Waals surface area contributed by atoms with Gasteiger partial charge in [-0.05, 0) is 30.6 Å². The van der Waals surface area contributed by atoms with Gasteiger partial charge in [0.05, 0.1) is 0 Å². The summed E-state index contributed by atoms with van der Waals surface area (Å²) < 4.78 is 0. The monoisotopic (exact) mass is 180 g/mol. The molecule has 1 rings (SSSR count). The van der Waals surface area contributed by atoms with Crippen LogP contribution in [0.25, 0.3) is 0 Å². The summed E-state index contributed by atoms with van der Waals surface area (Å²) in [5.74, 6) is 0.797. The molecule has 0 unspecified atom stereocenters. The average Bonchev–Trinajstić information content (AvgIpc) is 2.03. The quantitative estimate of drug-likeness (QED) is 0.447. The first kappa shape index (κ1) is 10.5. The third-order valence-corrected chi connectivity index (χ3v) is 3.27. The molecule has 1 aliphatic carbocycles. The molecule has 0 spiro atoms. The van der Waals surface area contributed by atoms with Gasteiger partial charge >= 0.3 is 0 Å². The number of hydrogen-bond acceptors (Lipinski definition) is 1. The molecule has 0 heterocycles. The highest BCUT2D eigenvalue weighted by molar-refractivity contribution is 5.58. The number of aldehydes is 1. The van der Waals surface area contributed by atoms with Gasteiger partial charge in [-0.2, -0.15) is 0 Å². The Bertz CT molecular complexity index is 210. The predicted molar refractivity (Wildman–Crippen MR) is 55.5 cm³/mol. The summed E-state index contributed by atoms with van der Waals surface area (Å²) >= 11 is 0. The molecule has 0 amide bonds. The standard InChI is InChI=1S/C12H20O/c1-9-5-6-11(12(2,3)4)7-10(9)8-13/h8,10-11H,1,5-7H2,2-4H3/t10-,11-/m1/s1. The number of carbonyl (C=O) groups is 1. The highest BCUT2D eigenvalue weighted by Gasteiger charge is 2.31. The van der Waals surface area contributed by atoms with E-state index in [4.69, 9.17) is 0 Å². The first-order valence-electron chi connectivity index (χ1n) is 5.08. The van der Waals surface area contributed by atoms with Gasteiger partial charge in [-0.15, -0.1) is 0 Å². The second-order valence-electron chi connectivity index (χ2n) is 5.24. The molecule has 0 bridgehead atoms. The number of carbonyl (C=O) groups excluding carboxylic acids is 1. The fraction of sp³-hybridized carbons (Fsp3) is 0.750. The van der Waals surface area contributed by atoms with Crippen molar-refractivity contribution in [1.29, 1.82) is 0 Å². The molecule has 2 atom stereocenters. The molecule has 0 aromatic heterocycles. The van der Waals surface area contributed by atoms with Crippen molar-refractivity contribution in [2.45, 2.75) is 40.0 Å². The van der Waals surface area contributed by atoms with Crippen LogP contribution in [0.2, 0.25) is 0 Å². The summed E-state index contributed by atoms with van der Waals surface area (Å²) in [6, 6.07) is 0. The molecule has 0 radical (unpaired) electrons. The zero-order valence-electron chi connectivity index (χ0n) is 8.97. The third-order valence-electron chi connectivity index (χ3n) is 3.27. The zero-order chi connectivity index (χ0) is 10.1. The second-order valence-corrected chi connectivity index (χ2v) is 5.24. The Kier molecular flexibility index (Phi) is 2.94. The molecule has 13 heavy (non-hydrogen) atoms. The minimum absolute atomic E-state index is 0.123. The molecule has 0 aliphatic heterocycles. The summed E-state index contributed by atoms with van der Waals surface area (Å²) in [5.41, 5.74) is 1.47. The summed E-state index contributed by atoms with van der Waals surface area (Å²) in [6.07, 6.45) is 4.31. The van der Waals surface area contributed by atoms with Crippen LogP contribution in [0.5, 0.6) is 0 Å². The van der Waals surface area contributed by atoms with E-state index in [0.29, 0.717) is 11.3 Å². The maximum Gasteiger partial charge on any atom is 0.127 e. The topological polar surface area (TPSA) is 17.1 Å². The van der Waals surface area contributed by atoms with Gasteiger partial charge in [0, 0.05) is 5.92 Å². The lowest BCUT2D eigenvalue weighted by Crippen LogP contribution is -2.28. The predicted octanol–water partition coefficient (Wildman–Crippen LogP) is 3.20. The fourth-order valence-corrected chi connectivity index (χ4v) is 2.07. The van der Waals surface area contributed by atoms with E-state index in [-0.39, 0.29) is 5.92 Å². The minimum Gasteiger partial charge on any atom is -0.303 e. The lowest BCUT2D eigenvalue weighted by Gasteiger charge is -2.37. The van der Waals surface area contributed by atoms with E-state index in [1.54, 1.807) is 0 Å². The zero-order valence-corrected chi connectivity index (χ0v) is 8.97. The molecule has 1 aliphatic rings. The minimum atomic E-state index is 0.123. The van der Waals surface area contributed by atoms with Crippen LogP contribution >= 0.6 is 0 Å². The Morgan fingerprint density at radius 3 is 2.54 bits per heavy atom. The van der Waals surface area contributed by atoms with E-state index in [1.165, 1.54) is 6.42 Å². The van der Waals surface area contributed by atoms with Crippen molar-refractivity contribution in [3.8, 4) is 0 Å². The Morgan fingerprint density at radius 2 is 2.08 bits per heavy atom. The van der Waals surface area contributed by atoms with E-state index in [9.17, 15) is 4.79 Å². The van der Waals surface area contributed by atoms with Crippen LogP contribution in [0, 0.1) is 17.3 Å². The molecule has 1 nitrogen and oxygen atoms in total. The summed E-state index contributed by atoms with van der Waals surface area (Å²) in [6.45, 7) is 10.7. The number of allylic oxidation sites excluding steroid dienone is 1. The molecule has 74 valence electrons. The van der Waals surface area contributed by atoms with Crippen molar-refractivity contribution in [1.82, 2.24) is 0 Å². The molecule has 1 fully saturated rings. The summed E-state index contributed by atoms with van der Waals surface area (Å²) in [7, 11) is 0. The maximum absolute atomic E-state index is 10.8. The van der Waals surface area contributed by atoms with Crippen LogP contribution < -0.4 is 0 Å². The molecule has 1 saturated carbocycles. The van der Waals surface area contributed by atoms with Gasteiger partial charge in [-0.1, -0.05) is 32.9 Å². The van der Waals surface area contributed by atoms with E-state index >= 15 is 0 Å². The van der Waals surface area contributed by atoms with Crippen molar-refractivity contribution in [3.63, 3.8) is 0 Å². The lowest BCUT2D eigenvalue weighted by atomic mass is 9.68. The van der Waals surface area contributed by atoms with Crippen LogP contribution in [0.4, 0.5) is 0 Å². The highest BCUT2D eigenvalue weighted by Crippen LogP contribution is 2.41. The van der Waals surface area contributed by atoms with Gasteiger partial charge < -0.3 is 4.79 Å². The number of rotatable bonds is 1. The summed E-state index contributed by atoms with van der Waals surface area (Å²) in [5, 5.41) is 0. The van der Waals surface area contributed by atoms with Gasteiger partial charge in [0.1, 0.15) is 6.29 Å². The van der Waals surface area contributed by atoms with Crippen molar-refractivity contribution in [2.75, 3.05) is 0 Å². The molecule has 1 heteroatoms. The van der Waals surface area contributed by atoms with E-state index in [2.05, 4.69) is 27.4 Å². The molecule has 0 aromatic carbocycles. The first-order chi connectivity index (χ1) is 5.95. The average molecular weight is 180 g/mol. The van der Waals surface area contributed by atoms with E-state index in [0.717, 1.165) is 24.7 Å². The summed E-state index contributed by atoms with van der Waals surface area (Å²) in [4.78, 5) is 10.8. The van der Waals surface area contributed by atoms with E-state index in [1.807, 2.05) is 0 Å². The maximum atomic E-state index is 10.8. The van der Waals surface area contributed by atoms with Gasteiger partial charge in [-0.3, -0.25) is 0 Å². The van der Waals surface area contributed by atoms with E-state index < -0.39 is 0 Å². The normalized spacial score (nSPS) is 30.2. The van der Waals surface area contributed by atoms with Gasteiger partial charge in [-0.25, -0.2) is 0 Å². The van der Waals surface area contributed by atoms with Crippen LogP contribution in [0.3, 0.4) is 0 Å². The first-order valence-corrected chi connectivity index (χ1v) is 5.08. The van der Waals surface area contributed by atoms with Crippen LogP contribution in [0.1, 0.15) is 40.0 Å². The molecule has 0 saturated heterocycles. The third kappa shape index (κ3) is 2.43. The van der Waals surface area contributed by atoms with Crippen molar-refractivity contribution >= 4 is 6.29 Å². The Hall–Kier alpha value is -0.590. The Balaban J connectivity index is 2.65. The van der Waals surface area contributed by atoms with Crippen molar-refractivity contribution < 1.29 is 4.79 Å². The van der Waals surface area contributed by atoms with Crippen LogP contribution in [-0.2, 0) is 4.79 Å². The second kappa shape index (κ2) is 3.65. The molecule has 0 aromatic rings. The Labute approximate surface area is 81.2 Å². The molecular formula is C12H20O. The highest BCUT2D eigenvalue weighted by atomic mass is 16.1. The lowest BCUT2D eigenvalue weighted by molar-refractivity contribution is -0.111. The van der Waals surface area contributed by atoms with Crippen LogP contribution in [0.15, 0.2) is 12.2 Å². The fourth-order valence-electron chi connectivity index (χ4n) is 2.07. The van der Waals surface area contributed by atoms with Gasteiger partial charge in [0.25, 0.3) is 0 Å². The molecular weight excluding hydrogens is 160 g/mol. The SMILES string of the molecule is C=C1CC[C@@H](C(C)(C)C)C[C@@H]1C=O. The van der Waals surface area contributed by atoms with Crippen molar-refractivity contribution in [3.05, 3.63) is 12.2 Å². The largest absolute Gasteiger partial charge is 0.303 e. The smallest absolute Gasteiger partial charge is 0.127 e. The van der Waals surface area contributed by atoms with Gasteiger partial charge in [0.2, 0.25) is 0 Å². The number of hydrogen-bond donors (Lipinski definition) is 0.